The molecule has 0 amide bonds. The molecule has 1 nitrogen and oxygen atoms in total. The zero-order chi connectivity index (χ0) is 19.2. The summed E-state index contributed by atoms with van der Waals surface area (Å²) < 4.78 is 2.49. The van der Waals surface area contributed by atoms with Gasteiger partial charge < -0.3 is 0 Å². The second-order valence-corrected chi connectivity index (χ2v) is 15.3. The summed E-state index contributed by atoms with van der Waals surface area (Å²) in [5.74, 6) is 0. The summed E-state index contributed by atoms with van der Waals surface area (Å²) in [6.45, 7) is 0. The number of anilines is 1. The van der Waals surface area contributed by atoms with Crippen molar-refractivity contribution in [2.45, 2.75) is 0 Å². The molecule has 0 N–H and O–H groups in total. The van der Waals surface area contributed by atoms with Crippen LogP contribution >= 0.6 is 20.9 Å². The number of halogens is 1. The average Bonchev–Trinajstić information content (AvgIpc) is 3.03. The van der Waals surface area contributed by atoms with Gasteiger partial charge in [-0.1, -0.05) is 0 Å². The Morgan fingerprint density at radius 1 is 0.571 bits per heavy atom. The second-order valence-electron chi connectivity index (χ2n) is 7.19. The Bertz CT molecular complexity index is 1110. The summed E-state index contributed by atoms with van der Waals surface area (Å²) in [7, 11) is 2.23. The predicted octanol–water partition coefficient (Wildman–Crippen LogP) is 5.86. The summed E-state index contributed by atoms with van der Waals surface area (Å²) >= 11 is 4.52. The van der Waals surface area contributed by atoms with Crippen LogP contribution in [0.4, 0.5) is 5.69 Å². The molecule has 0 bridgehead atoms. The van der Waals surface area contributed by atoms with Crippen molar-refractivity contribution in [3.05, 3.63) is 109 Å². The van der Waals surface area contributed by atoms with Gasteiger partial charge in [0.05, 0.1) is 0 Å². The molecule has 0 radical (unpaired) electrons. The van der Waals surface area contributed by atoms with E-state index < -0.39 is 5.46 Å². The Morgan fingerprint density at radius 2 is 1.00 bits per heavy atom. The summed E-state index contributed by atoms with van der Waals surface area (Å²) in [4.78, 5) is 0. The third kappa shape index (κ3) is 2.11. The van der Waals surface area contributed by atoms with Gasteiger partial charge in [0, 0.05) is 0 Å². The normalized spacial score (nSPS) is 17.0. The molecule has 1 heterocycles. The van der Waals surface area contributed by atoms with Crippen LogP contribution in [0.25, 0.3) is 11.1 Å². The van der Waals surface area contributed by atoms with Crippen LogP contribution in [-0.4, -0.2) is 7.05 Å². The topological polar surface area (TPSA) is 3.24 Å². The first-order valence-electron chi connectivity index (χ1n) is 9.44. The number of hydrogen-bond donors (Lipinski definition) is 0. The Kier molecular flexibility index (Phi) is 3.98. The summed E-state index contributed by atoms with van der Waals surface area (Å²) in [5, 5.41) is 4.05. The van der Waals surface area contributed by atoms with Crippen LogP contribution in [0.2, 0.25) is 0 Å². The molecule has 1 aliphatic heterocycles. The average molecular weight is 446 g/mol. The maximum absolute atomic E-state index is 4.52. The molecule has 28 heavy (non-hydrogen) atoms. The third-order valence-corrected chi connectivity index (χ3v) is 16.0. The van der Waals surface area contributed by atoms with Crippen molar-refractivity contribution in [2.24, 2.45) is 0 Å². The number of hydrogen-bond acceptors (Lipinski definition) is 1. The van der Waals surface area contributed by atoms with E-state index in [1.165, 1.54) is 32.7 Å². The Labute approximate surface area is 174 Å². The van der Waals surface area contributed by atoms with E-state index in [2.05, 4.69) is 136 Å². The van der Waals surface area contributed by atoms with E-state index in [9.17, 15) is 0 Å². The zero-order valence-electron chi connectivity index (χ0n) is 15.7. The molecule has 0 atom stereocenters. The monoisotopic (exact) mass is 445 g/mol. The Balaban J connectivity index is 1.98. The predicted molar refractivity (Wildman–Crippen MR) is 128 cm³/mol. The molecule has 0 unspecified atom stereocenters. The van der Waals surface area contributed by atoms with E-state index in [0.29, 0.717) is 0 Å². The van der Waals surface area contributed by atoms with Gasteiger partial charge in [-0.15, -0.1) is 0 Å². The van der Waals surface area contributed by atoms with Crippen LogP contribution in [0.3, 0.4) is 0 Å². The maximum atomic E-state index is 4.52. The minimum atomic E-state index is -3.07. The number of para-hydroxylation sites is 1. The number of benzene rings is 4. The second kappa shape index (κ2) is 6.30. The molecular formula is C25H21BrNP. The van der Waals surface area contributed by atoms with Gasteiger partial charge in [-0.2, -0.15) is 0 Å². The molecule has 4 aromatic carbocycles. The molecular weight excluding hydrogens is 425 g/mol. The van der Waals surface area contributed by atoms with Crippen molar-refractivity contribution in [3.8, 4) is 11.1 Å². The minimum absolute atomic E-state index is 1.20. The number of nitrogens with zero attached hydrogens (tertiary/aromatic N) is 1. The molecule has 0 aromatic heterocycles. The fraction of sp³-hybridized carbons (Fsp3) is 0.0400. The zero-order valence-corrected chi connectivity index (χ0v) is 18.1. The Hall–Kier alpha value is -2.41. The van der Waals surface area contributed by atoms with Crippen molar-refractivity contribution >= 4 is 42.5 Å². The molecule has 0 aliphatic carbocycles. The van der Waals surface area contributed by atoms with E-state index in [-0.39, 0.29) is 0 Å². The van der Waals surface area contributed by atoms with Gasteiger partial charge in [-0.05, 0) is 0 Å². The molecule has 0 saturated heterocycles. The van der Waals surface area contributed by atoms with Gasteiger partial charge in [0.1, 0.15) is 0 Å². The van der Waals surface area contributed by atoms with Gasteiger partial charge in [-0.3, -0.25) is 0 Å². The van der Waals surface area contributed by atoms with Crippen LogP contribution in [-0.2, 0) is 0 Å². The molecule has 1 aliphatic rings. The van der Waals surface area contributed by atoms with E-state index in [0.717, 1.165) is 0 Å². The number of fused-ring (bicyclic) bond motifs is 3. The molecule has 0 saturated carbocycles. The van der Waals surface area contributed by atoms with Crippen molar-refractivity contribution < 1.29 is 0 Å². The van der Waals surface area contributed by atoms with Gasteiger partial charge >= 0.3 is 175 Å². The quantitative estimate of drug-likeness (QED) is 0.357. The molecule has 4 aromatic rings. The van der Waals surface area contributed by atoms with E-state index in [1.54, 1.807) is 0 Å². The van der Waals surface area contributed by atoms with E-state index in [4.69, 9.17) is 0 Å². The van der Waals surface area contributed by atoms with Crippen LogP contribution in [0.1, 0.15) is 0 Å². The van der Waals surface area contributed by atoms with Crippen LogP contribution in [0.15, 0.2) is 109 Å². The van der Waals surface area contributed by atoms with Crippen LogP contribution < -0.4 is 20.6 Å². The SMILES string of the molecule is CN(c1ccccc1)P1(Br)(c2ccccc2)c2ccccc2-c2ccccc21. The summed E-state index contributed by atoms with van der Waals surface area (Å²) in [6.07, 6.45) is 0. The Morgan fingerprint density at radius 3 is 1.54 bits per heavy atom. The third-order valence-electron chi connectivity index (χ3n) is 5.90. The van der Waals surface area contributed by atoms with Crippen LogP contribution in [0.5, 0.6) is 0 Å². The van der Waals surface area contributed by atoms with Crippen molar-refractivity contribution in [1.29, 1.82) is 0 Å². The summed E-state index contributed by atoms with van der Waals surface area (Å²) in [6, 6.07) is 39.3. The first-order valence-corrected chi connectivity index (χ1v) is 13.6. The van der Waals surface area contributed by atoms with E-state index in [1.807, 2.05) is 0 Å². The van der Waals surface area contributed by atoms with Crippen molar-refractivity contribution in [1.82, 2.24) is 0 Å². The fourth-order valence-corrected chi connectivity index (χ4v) is 12.8. The molecule has 138 valence electrons. The molecule has 3 heteroatoms. The first-order chi connectivity index (χ1) is 13.7. The van der Waals surface area contributed by atoms with Crippen molar-refractivity contribution in [2.75, 3.05) is 11.7 Å². The number of rotatable bonds is 3. The fourth-order valence-electron chi connectivity index (χ4n) is 4.58. The molecule has 0 spiro atoms. The van der Waals surface area contributed by atoms with Crippen molar-refractivity contribution in [3.63, 3.8) is 0 Å². The van der Waals surface area contributed by atoms with Gasteiger partial charge in [0.15, 0.2) is 0 Å². The van der Waals surface area contributed by atoms with E-state index >= 15 is 0 Å². The van der Waals surface area contributed by atoms with Gasteiger partial charge in [-0.25, -0.2) is 0 Å². The van der Waals surface area contributed by atoms with Crippen LogP contribution in [0, 0.1) is 0 Å². The standard InChI is InChI=1S/C25H21BrNP/c1-27(20-12-4-2-5-13-20)28(26,21-14-6-3-7-15-21)24-18-10-8-16-22(24)23-17-9-11-19-25(23)28/h2-19H,1H3. The molecule has 0 fully saturated rings. The van der Waals surface area contributed by atoms with Gasteiger partial charge in [0.2, 0.25) is 0 Å². The molecule has 5 rings (SSSR count). The first kappa shape index (κ1) is 17.7. The summed E-state index contributed by atoms with van der Waals surface area (Å²) in [5.41, 5.74) is 0.771. The van der Waals surface area contributed by atoms with Gasteiger partial charge in [0.25, 0.3) is 0 Å².